The number of benzene rings is 1. The van der Waals surface area contributed by atoms with Gasteiger partial charge in [0.1, 0.15) is 5.75 Å². The van der Waals surface area contributed by atoms with Gasteiger partial charge in [-0.25, -0.2) is 0 Å². The lowest BCUT2D eigenvalue weighted by molar-refractivity contribution is -0.384. The maximum Gasteiger partial charge on any atom is 0.270 e. The predicted octanol–water partition coefficient (Wildman–Crippen LogP) is 1.56. The zero-order chi connectivity index (χ0) is 13.0. The highest BCUT2D eigenvalue weighted by atomic mass is 16.6. The number of phenolic OH excluding ortho intramolecular Hbond substituents is 1. The Morgan fingerprint density at radius 2 is 2.12 bits per heavy atom. The fourth-order valence-corrected chi connectivity index (χ4v) is 1.14. The first-order chi connectivity index (χ1) is 7.91. The van der Waals surface area contributed by atoms with E-state index >= 15 is 0 Å². The van der Waals surface area contributed by atoms with Gasteiger partial charge >= 0.3 is 0 Å². The van der Waals surface area contributed by atoms with Crippen LogP contribution in [0.4, 0.5) is 5.69 Å². The first kappa shape index (κ1) is 12.7. The van der Waals surface area contributed by atoms with Crippen LogP contribution in [-0.2, 0) is 0 Å². The Morgan fingerprint density at radius 1 is 1.47 bits per heavy atom. The van der Waals surface area contributed by atoms with E-state index in [2.05, 4.69) is 0 Å². The van der Waals surface area contributed by atoms with Crippen LogP contribution in [0.1, 0.15) is 10.4 Å². The van der Waals surface area contributed by atoms with Crippen LogP contribution in [0.2, 0.25) is 0 Å². The molecule has 0 aliphatic heterocycles. The molecule has 6 heteroatoms. The summed E-state index contributed by atoms with van der Waals surface area (Å²) in [6.45, 7) is 0. The average molecular weight is 236 g/mol. The van der Waals surface area contributed by atoms with Crippen molar-refractivity contribution in [1.29, 1.82) is 0 Å². The molecule has 0 saturated carbocycles. The van der Waals surface area contributed by atoms with E-state index in [4.69, 9.17) is 0 Å². The third-order valence-electron chi connectivity index (χ3n) is 1.98. The maximum atomic E-state index is 11.6. The second-order valence-electron chi connectivity index (χ2n) is 3.60. The summed E-state index contributed by atoms with van der Waals surface area (Å²) in [5.41, 5.74) is -0.318. The van der Waals surface area contributed by atoms with E-state index in [1.807, 2.05) is 0 Å². The summed E-state index contributed by atoms with van der Waals surface area (Å²) in [4.78, 5) is 23.2. The number of carbonyl (C=O) groups is 1. The van der Waals surface area contributed by atoms with Gasteiger partial charge in [0.25, 0.3) is 5.69 Å². The number of non-ortho nitro benzene ring substituents is 1. The summed E-state index contributed by atoms with van der Waals surface area (Å²) in [7, 11) is 3.47. The Labute approximate surface area is 97.9 Å². The van der Waals surface area contributed by atoms with E-state index in [1.54, 1.807) is 19.0 Å². The normalized spacial score (nSPS) is 10.5. The van der Waals surface area contributed by atoms with E-state index < -0.39 is 10.7 Å². The molecule has 0 spiro atoms. The second kappa shape index (κ2) is 5.11. The number of nitrogens with zero attached hydrogens (tertiary/aromatic N) is 2. The van der Waals surface area contributed by atoms with Crippen molar-refractivity contribution in [2.45, 2.75) is 0 Å². The quantitative estimate of drug-likeness (QED) is 0.371. The Morgan fingerprint density at radius 3 is 2.65 bits per heavy atom. The van der Waals surface area contributed by atoms with Gasteiger partial charge in [-0.05, 0) is 6.07 Å². The molecule has 0 radical (unpaired) electrons. The molecule has 0 saturated heterocycles. The number of ketones is 1. The lowest BCUT2D eigenvalue weighted by atomic mass is 10.1. The molecule has 0 aliphatic carbocycles. The summed E-state index contributed by atoms with van der Waals surface area (Å²) in [6, 6.07) is 3.33. The van der Waals surface area contributed by atoms with Crippen molar-refractivity contribution in [2.24, 2.45) is 0 Å². The zero-order valence-electron chi connectivity index (χ0n) is 9.45. The van der Waals surface area contributed by atoms with Crippen molar-refractivity contribution >= 4 is 11.5 Å². The molecule has 17 heavy (non-hydrogen) atoms. The maximum absolute atomic E-state index is 11.6. The molecule has 6 nitrogen and oxygen atoms in total. The number of nitro benzene ring substituents is 1. The first-order valence-corrected chi connectivity index (χ1v) is 4.78. The molecule has 1 aromatic rings. The summed E-state index contributed by atoms with van der Waals surface area (Å²) in [5.74, 6) is -0.760. The van der Waals surface area contributed by atoms with Crippen LogP contribution >= 0.6 is 0 Å². The highest BCUT2D eigenvalue weighted by molar-refractivity contribution is 6.06. The molecule has 0 heterocycles. The van der Waals surface area contributed by atoms with Gasteiger partial charge < -0.3 is 10.0 Å². The Kier molecular flexibility index (Phi) is 3.82. The molecule has 1 aromatic carbocycles. The molecule has 0 atom stereocenters. The van der Waals surface area contributed by atoms with E-state index in [0.717, 1.165) is 18.2 Å². The second-order valence-corrected chi connectivity index (χ2v) is 3.60. The van der Waals surface area contributed by atoms with E-state index in [1.165, 1.54) is 12.3 Å². The van der Waals surface area contributed by atoms with Gasteiger partial charge in [-0.15, -0.1) is 0 Å². The van der Waals surface area contributed by atoms with Crippen LogP contribution < -0.4 is 0 Å². The number of allylic oxidation sites excluding steroid dienone is 1. The zero-order valence-corrected chi connectivity index (χ0v) is 9.45. The number of nitro groups is 1. The van der Waals surface area contributed by atoms with Gasteiger partial charge in [0.05, 0.1) is 10.5 Å². The van der Waals surface area contributed by atoms with Gasteiger partial charge in [0.15, 0.2) is 5.78 Å². The number of carbonyl (C=O) groups excluding carboxylic acids is 1. The van der Waals surface area contributed by atoms with E-state index in [9.17, 15) is 20.0 Å². The molecule has 90 valence electrons. The van der Waals surface area contributed by atoms with Crippen molar-refractivity contribution in [2.75, 3.05) is 14.1 Å². The van der Waals surface area contributed by atoms with Gasteiger partial charge in [0.2, 0.25) is 0 Å². The fourth-order valence-electron chi connectivity index (χ4n) is 1.14. The topological polar surface area (TPSA) is 83.7 Å². The molecule has 1 rings (SSSR count). The van der Waals surface area contributed by atoms with Gasteiger partial charge in [-0.1, -0.05) is 0 Å². The summed E-state index contributed by atoms with van der Waals surface area (Å²) < 4.78 is 0. The average Bonchev–Trinajstić information content (AvgIpc) is 2.26. The van der Waals surface area contributed by atoms with Crippen LogP contribution in [0.5, 0.6) is 5.75 Å². The Bertz CT molecular complexity index is 480. The van der Waals surface area contributed by atoms with Crippen molar-refractivity contribution in [3.8, 4) is 5.75 Å². The molecule has 0 fully saturated rings. The van der Waals surface area contributed by atoms with E-state index in [-0.39, 0.29) is 17.0 Å². The SMILES string of the molecule is CN(C)C=CC(=O)c1cc([N+](=O)[O-])ccc1O. The lowest BCUT2D eigenvalue weighted by Crippen LogP contribution is -2.03. The molecule has 0 aliphatic rings. The smallest absolute Gasteiger partial charge is 0.270 e. The Hall–Kier alpha value is -2.37. The molecule has 0 amide bonds. The van der Waals surface area contributed by atoms with Crippen molar-refractivity contribution < 1.29 is 14.8 Å². The highest BCUT2D eigenvalue weighted by Gasteiger charge is 2.14. The summed E-state index contributed by atoms with van der Waals surface area (Å²) in [6.07, 6.45) is 2.74. The summed E-state index contributed by atoms with van der Waals surface area (Å²) in [5, 5.41) is 20.0. The largest absolute Gasteiger partial charge is 0.507 e. The van der Waals surface area contributed by atoms with Crippen LogP contribution in [0.3, 0.4) is 0 Å². The standard InChI is InChI=1S/C11H12N2O4/c1-12(2)6-5-11(15)9-7-8(13(16)17)3-4-10(9)14/h3-7,14H,1-2H3. The molecular weight excluding hydrogens is 224 g/mol. The third-order valence-corrected chi connectivity index (χ3v) is 1.98. The van der Waals surface area contributed by atoms with Crippen LogP contribution in [-0.4, -0.2) is 34.8 Å². The molecule has 0 unspecified atom stereocenters. The number of hydrogen-bond acceptors (Lipinski definition) is 5. The fraction of sp³-hybridized carbons (Fsp3) is 0.182. The van der Waals surface area contributed by atoms with E-state index in [0.29, 0.717) is 0 Å². The number of rotatable bonds is 4. The number of aromatic hydroxyl groups is 1. The molecule has 1 N–H and O–H groups in total. The third kappa shape index (κ3) is 3.30. The molecule has 0 bridgehead atoms. The van der Waals surface area contributed by atoms with Gasteiger partial charge in [0, 0.05) is 38.5 Å². The minimum absolute atomic E-state index is 0.0858. The van der Waals surface area contributed by atoms with Crippen molar-refractivity contribution in [3.63, 3.8) is 0 Å². The minimum Gasteiger partial charge on any atom is -0.507 e. The van der Waals surface area contributed by atoms with Crippen LogP contribution in [0, 0.1) is 10.1 Å². The van der Waals surface area contributed by atoms with Crippen LogP contribution in [0.25, 0.3) is 0 Å². The predicted molar refractivity (Wildman–Crippen MR) is 61.9 cm³/mol. The van der Waals surface area contributed by atoms with Crippen LogP contribution in [0.15, 0.2) is 30.5 Å². The number of phenols is 1. The minimum atomic E-state index is -0.619. The van der Waals surface area contributed by atoms with Crippen molar-refractivity contribution in [3.05, 3.63) is 46.2 Å². The monoisotopic (exact) mass is 236 g/mol. The molecular formula is C11H12N2O4. The van der Waals surface area contributed by atoms with Gasteiger partial charge in [-0.3, -0.25) is 14.9 Å². The number of hydrogen-bond donors (Lipinski definition) is 1. The summed E-state index contributed by atoms with van der Waals surface area (Å²) >= 11 is 0. The van der Waals surface area contributed by atoms with Gasteiger partial charge in [-0.2, -0.15) is 0 Å². The Balaban J connectivity index is 3.08. The lowest BCUT2D eigenvalue weighted by Gasteiger charge is -2.04. The highest BCUT2D eigenvalue weighted by Crippen LogP contribution is 2.23. The van der Waals surface area contributed by atoms with Crippen molar-refractivity contribution in [1.82, 2.24) is 4.90 Å². The molecule has 0 aromatic heterocycles. The first-order valence-electron chi connectivity index (χ1n) is 4.78.